The van der Waals surface area contributed by atoms with Gasteiger partial charge < -0.3 is 9.30 Å². The van der Waals surface area contributed by atoms with Crippen LogP contribution in [0.4, 0.5) is 0 Å². The number of imidazole rings is 1. The first kappa shape index (κ1) is 18.2. The molecule has 0 N–H and O–H groups in total. The molecule has 0 saturated carbocycles. The van der Waals surface area contributed by atoms with Gasteiger partial charge in [-0.25, -0.2) is 4.98 Å². The van der Waals surface area contributed by atoms with Gasteiger partial charge in [0.25, 0.3) is 0 Å². The summed E-state index contributed by atoms with van der Waals surface area (Å²) in [5.74, 6) is 1.64. The Balaban J connectivity index is 1.58. The van der Waals surface area contributed by atoms with Crippen molar-refractivity contribution in [3.8, 4) is 5.75 Å². The molecular formula is C21H21ClN2O2. The lowest BCUT2D eigenvalue weighted by atomic mass is 9.99. The number of benzene rings is 2. The Labute approximate surface area is 158 Å². The number of aromatic nitrogens is 2. The van der Waals surface area contributed by atoms with Gasteiger partial charge in [-0.1, -0.05) is 30.7 Å². The van der Waals surface area contributed by atoms with Crippen LogP contribution in [0.25, 0.3) is 0 Å². The molecule has 5 heteroatoms. The van der Waals surface area contributed by atoms with E-state index in [4.69, 9.17) is 16.3 Å². The van der Waals surface area contributed by atoms with Gasteiger partial charge in [-0.15, -0.1) is 0 Å². The number of aryl methyl sites for hydroxylation is 1. The van der Waals surface area contributed by atoms with E-state index in [1.54, 1.807) is 6.20 Å². The van der Waals surface area contributed by atoms with Crippen molar-refractivity contribution in [2.24, 2.45) is 5.92 Å². The fourth-order valence-corrected chi connectivity index (χ4v) is 2.85. The van der Waals surface area contributed by atoms with Crippen LogP contribution in [0.1, 0.15) is 28.7 Å². The molecule has 1 heterocycles. The number of Topliss-reactive ketones (excluding diaryl/α,β-unsaturated/α-hetero) is 1. The average molecular weight is 369 g/mol. The molecule has 134 valence electrons. The molecule has 0 aliphatic carbocycles. The fraction of sp³-hybridized carbons (Fsp3) is 0.238. The minimum absolute atomic E-state index is 0.113. The molecule has 3 aromatic rings. The molecule has 0 amide bonds. The van der Waals surface area contributed by atoms with Gasteiger partial charge in [-0.2, -0.15) is 0 Å². The van der Waals surface area contributed by atoms with Crippen molar-refractivity contribution < 1.29 is 9.53 Å². The van der Waals surface area contributed by atoms with E-state index >= 15 is 0 Å². The molecule has 0 spiro atoms. The van der Waals surface area contributed by atoms with E-state index in [9.17, 15) is 4.79 Å². The van der Waals surface area contributed by atoms with Crippen molar-refractivity contribution >= 4 is 17.4 Å². The second-order valence-electron chi connectivity index (χ2n) is 6.33. The van der Waals surface area contributed by atoms with Crippen LogP contribution in [0.5, 0.6) is 5.75 Å². The Hall–Kier alpha value is -2.59. The summed E-state index contributed by atoms with van der Waals surface area (Å²) in [5.41, 5.74) is 1.73. The largest absolute Gasteiger partial charge is 0.489 e. The van der Waals surface area contributed by atoms with Gasteiger partial charge >= 0.3 is 0 Å². The molecule has 2 aromatic carbocycles. The highest BCUT2D eigenvalue weighted by molar-refractivity contribution is 6.30. The summed E-state index contributed by atoms with van der Waals surface area (Å²) >= 11 is 5.88. The smallest absolute Gasteiger partial charge is 0.167 e. The van der Waals surface area contributed by atoms with Crippen molar-refractivity contribution in [2.75, 3.05) is 0 Å². The Morgan fingerprint density at radius 2 is 1.85 bits per heavy atom. The number of nitrogens with zero attached hydrogens (tertiary/aromatic N) is 2. The number of carbonyl (C=O) groups excluding carboxylic acids is 1. The summed E-state index contributed by atoms with van der Waals surface area (Å²) < 4.78 is 7.75. The first-order valence-corrected chi connectivity index (χ1v) is 8.90. The number of halogens is 1. The Bertz CT molecular complexity index is 870. The highest BCUT2D eigenvalue weighted by Crippen LogP contribution is 2.18. The molecule has 0 saturated heterocycles. The van der Waals surface area contributed by atoms with Crippen LogP contribution >= 0.6 is 11.6 Å². The lowest BCUT2D eigenvalue weighted by Gasteiger charge is -2.13. The topological polar surface area (TPSA) is 44.1 Å². The third kappa shape index (κ3) is 4.52. The van der Waals surface area contributed by atoms with Gasteiger partial charge in [0.1, 0.15) is 18.2 Å². The average Bonchev–Trinajstić information content (AvgIpc) is 3.05. The van der Waals surface area contributed by atoms with E-state index in [0.29, 0.717) is 23.7 Å². The van der Waals surface area contributed by atoms with Crippen molar-refractivity contribution in [3.05, 3.63) is 82.9 Å². The Morgan fingerprint density at radius 1 is 1.15 bits per heavy atom. The van der Waals surface area contributed by atoms with E-state index in [1.807, 2.05) is 73.1 Å². The predicted octanol–water partition coefficient (Wildman–Crippen LogP) is 4.94. The molecule has 0 fully saturated rings. The van der Waals surface area contributed by atoms with Gasteiger partial charge in [-0.05, 0) is 48.9 Å². The van der Waals surface area contributed by atoms with Gasteiger partial charge in [0.2, 0.25) is 0 Å². The van der Waals surface area contributed by atoms with E-state index in [-0.39, 0.29) is 11.7 Å². The lowest BCUT2D eigenvalue weighted by molar-refractivity contribution is 0.0918. The SMILES string of the molecule is Cc1nccn1CC(C)C(=O)c1ccc(OCc2ccc(Cl)cc2)cc1. The van der Waals surface area contributed by atoms with Crippen molar-refractivity contribution in [1.82, 2.24) is 9.55 Å². The molecule has 0 bridgehead atoms. The molecule has 1 aromatic heterocycles. The normalized spacial score (nSPS) is 12.0. The number of ketones is 1. The highest BCUT2D eigenvalue weighted by Gasteiger charge is 2.16. The first-order valence-electron chi connectivity index (χ1n) is 8.52. The van der Waals surface area contributed by atoms with Crippen LogP contribution in [-0.4, -0.2) is 15.3 Å². The zero-order valence-electron chi connectivity index (χ0n) is 14.9. The molecule has 1 unspecified atom stereocenters. The monoisotopic (exact) mass is 368 g/mol. The van der Waals surface area contributed by atoms with E-state index in [2.05, 4.69) is 4.98 Å². The molecule has 0 aliphatic heterocycles. The standard InChI is InChI=1S/C21H21ClN2O2/c1-15(13-24-12-11-23-16(24)2)21(25)18-5-9-20(10-6-18)26-14-17-3-7-19(22)8-4-17/h3-12,15H,13-14H2,1-2H3. The van der Waals surface area contributed by atoms with E-state index in [0.717, 1.165) is 17.1 Å². The molecule has 26 heavy (non-hydrogen) atoms. The summed E-state index contributed by atoms with van der Waals surface area (Å²) in [5, 5.41) is 0.705. The molecule has 4 nitrogen and oxygen atoms in total. The Kier molecular flexibility index (Phi) is 5.74. The number of hydrogen-bond acceptors (Lipinski definition) is 3. The predicted molar refractivity (Wildman–Crippen MR) is 103 cm³/mol. The summed E-state index contributed by atoms with van der Waals surface area (Å²) in [6, 6.07) is 14.8. The third-order valence-corrected chi connectivity index (χ3v) is 4.55. The second-order valence-corrected chi connectivity index (χ2v) is 6.77. The third-order valence-electron chi connectivity index (χ3n) is 4.30. The summed E-state index contributed by atoms with van der Waals surface area (Å²) in [6.07, 6.45) is 3.65. The fourth-order valence-electron chi connectivity index (χ4n) is 2.72. The van der Waals surface area contributed by atoms with Gasteiger partial charge in [0.05, 0.1) is 0 Å². The summed E-state index contributed by atoms with van der Waals surface area (Å²) in [7, 11) is 0. The molecular weight excluding hydrogens is 348 g/mol. The van der Waals surface area contributed by atoms with E-state index < -0.39 is 0 Å². The molecule has 0 aliphatic rings. The molecule has 3 rings (SSSR count). The molecule has 0 radical (unpaired) electrons. The number of rotatable bonds is 7. The highest BCUT2D eigenvalue weighted by atomic mass is 35.5. The van der Waals surface area contributed by atoms with Gasteiger partial charge in [-0.3, -0.25) is 4.79 Å². The zero-order chi connectivity index (χ0) is 18.5. The second kappa shape index (κ2) is 8.19. The lowest BCUT2D eigenvalue weighted by Crippen LogP contribution is -2.18. The van der Waals surface area contributed by atoms with Crippen LogP contribution in [-0.2, 0) is 13.2 Å². The zero-order valence-corrected chi connectivity index (χ0v) is 15.6. The van der Waals surface area contributed by atoms with Gasteiger partial charge in [0.15, 0.2) is 5.78 Å². The maximum absolute atomic E-state index is 12.6. The maximum atomic E-state index is 12.6. The van der Waals surface area contributed by atoms with Crippen LogP contribution in [0.15, 0.2) is 60.9 Å². The van der Waals surface area contributed by atoms with Crippen molar-refractivity contribution in [1.29, 1.82) is 0 Å². The molecule has 1 atom stereocenters. The van der Waals surface area contributed by atoms with E-state index in [1.165, 1.54) is 0 Å². The quantitative estimate of drug-likeness (QED) is 0.554. The number of hydrogen-bond donors (Lipinski definition) is 0. The summed E-state index contributed by atoms with van der Waals surface area (Å²) in [6.45, 7) is 4.96. The number of ether oxygens (including phenoxy) is 1. The Morgan fingerprint density at radius 3 is 2.46 bits per heavy atom. The summed E-state index contributed by atoms with van der Waals surface area (Å²) in [4.78, 5) is 16.8. The van der Waals surface area contributed by atoms with Crippen LogP contribution in [0.2, 0.25) is 5.02 Å². The first-order chi connectivity index (χ1) is 12.5. The van der Waals surface area contributed by atoms with Crippen LogP contribution < -0.4 is 4.74 Å². The number of carbonyl (C=O) groups is 1. The van der Waals surface area contributed by atoms with Crippen molar-refractivity contribution in [2.45, 2.75) is 27.0 Å². The minimum Gasteiger partial charge on any atom is -0.489 e. The van der Waals surface area contributed by atoms with Crippen molar-refractivity contribution in [3.63, 3.8) is 0 Å². The minimum atomic E-state index is -0.122. The maximum Gasteiger partial charge on any atom is 0.167 e. The van der Waals surface area contributed by atoms with Gasteiger partial charge in [0, 0.05) is 35.4 Å². The van der Waals surface area contributed by atoms with Crippen LogP contribution in [0.3, 0.4) is 0 Å². The van der Waals surface area contributed by atoms with Crippen LogP contribution in [0, 0.1) is 12.8 Å².